The van der Waals surface area contributed by atoms with Gasteiger partial charge >= 0.3 is 0 Å². The highest BCUT2D eigenvalue weighted by Gasteiger charge is 2.20. The van der Waals surface area contributed by atoms with Crippen LogP contribution in [0.1, 0.15) is 36.6 Å². The van der Waals surface area contributed by atoms with Crippen LogP contribution in [0.2, 0.25) is 0 Å². The van der Waals surface area contributed by atoms with Crippen molar-refractivity contribution in [3.05, 3.63) is 33.7 Å². The molecule has 1 aliphatic rings. The topological polar surface area (TPSA) is 82.2 Å². The maximum atomic E-state index is 11.9. The van der Waals surface area contributed by atoms with Gasteiger partial charge in [0.2, 0.25) is 0 Å². The first-order chi connectivity index (χ1) is 8.88. The van der Waals surface area contributed by atoms with Gasteiger partial charge in [-0.3, -0.25) is 4.79 Å². The van der Waals surface area contributed by atoms with E-state index in [1.165, 1.54) is 12.3 Å². The summed E-state index contributed by atoms with van der Waals surface area (Å²) < 4.78 is 24.0. The second-order valence-corrected chi connectivity index (χ2v) is 7.47. The molecular formula is C13H20N2O3S. The summed E-state index contributed by atoms with van der Waals surface area (Å²) in [5, 5.41) is 0. The van der Waals surface area contributed by atoms with Crippen molar-refractivity contribution in [2.45, 2.75) is 38.3 Å². The first-order valence-corrected chi connectivity index (χ1v) is 8.60. The molecule has 1 atom stereocenters. The Bertz CT molecular complexity index is 619. The van der Waals surface area contributed by atoms with Crippen molar-refractivity contribution in [1.29, 1.82) is 0 Å². The van der Waals surface area contributed by atoms with E-state index in [1.807, 2.05) is 6.07 Å². The number of sulfone groups is 1. The van der Waals surface area contributed by atoms with Crippen molar-refractivity contribution in [2.75, 3.05) is 12.0 Å². The van der Waals surface area contributed by atoms with E-state index in [1.54, 1.807) is 4.57 Å². The van der Waals surface area contributed by atoms with Gasteiger partial charge in [0.25, 0.3) is 5.56 Å². The Hall–Kier alpha value is -1.14. The van der Waals surface area contributed by atoms with Crippen molar-refractivity contribution in [3.8, 4) is 0 Å². The second kappa shape index (κ2) is 5.46. The van der Waals surface area contributed by atoms with Gasteiger partial charge in [0.05, 0.1) is 5.75 Å². The lowest BCUT2D eigenvalue weighted by Crippen LogP contribution is -2.29. The van der Waals surface area contributed by atoms with E-state index in [0.29, 0.717) is 13.0 Å². The number of hydrogen-bond donors (Lipinski definition) is 1. The van der Waals surface area contributed by atoms with E-state index in [-0.39, 0.29) is 17.4 Å². The van der Waals surface area contributed by atoms with Crippen LogP contribution in [-0.2, 0) is 22.8 Å². The highest BCUT2D eigenvalue weighted by atomic mass is 32.2. The molecule has 0 aliphatic heterocycles. The SMILES string of the molecule is CS(=O)(=O)CCCn1c2c(ccc1=O)C(N)CCC2. The molecule has 0 bridgehead atoms. The van der Waals surface area contributed by atoms with Gasteiger partial charge in [-0.1, -0.05) is 6.07 Å². The maximum absolute atomic E-state index is 11.9. The fraction of sp³-hybridized carbons (Fsp3) is 0.615. The number of aromatic nitrogens is 1. The summed E-state index contributed by atoms with van der Waals surface area (Å²) in [4.78, 5) is 11.9. The van der Waals surface area contributed by atoms with Crippen LogP contribution in [0.4, 0.5) is 0 Å². The molecule has 19 heavy (non-hydrogen) atoms. The first-order valence-electron chi connectivity index (χ1n) is 6.54. The standard InChI is InChI=1S/C13H20N2O3S/c1-19(17,18)9-3-8-15-12-5-2-4-11(14)10(12)6-7-13(15)16/h6-7,11H,2-5,8-9,14H2,1H3. The Morgan fingerprint density at radius 3 is 2.84 bits per heavy atom. The minimum atomic E-state index is -2.98. The lowest BCUT2D eigenvalue weighted by Gasteiger charge is -2.25. The number of nitrogens with zero attached hydrogens (tertiary/aromatic N) is 1. The van der Waals surface area contributed by atoms with Gasteiger partial charge in [0.15, 0.2) is 0 Å². The summed E-state index contributed by atoms with van der Waals surface area (Å²) in [5.41, 5.74) is 8.00. The van der Waals surface area contributed by atoms with Gasteiger partial charge in [-0.05, 0) is 31.2 Å². The molecule has 0 radical (unpaired) electrons. The minimum Gasteiger partial charge on any atom is -0.324 e. The molecular weight excluding hydrogens is 264 g/mol. The van der Waals surface area contributed by atoms with E-state index in [9.17, 15) is 13.2 Å². The van der Waals surface area contributed by atoms with Crippen LogP contribution in [0.15, 0.2) is 16.9 Å². The van der Waals surface area contributed by atoms with Crippen molar-refractivity contribution < 1.29 is 8.42 Å². The fourth-order valence-electron chi connectivity index (χ4n) is 2.63. The molecule has 0 fully saturated rings. The van der Waals surface area contributed by atoms with Crippen molar-refractivity contribution in [1.82, 2.24) is 4.57 Å². The molecule has 1 heterocycles. The molecule has 0 saturated heterocycles. The van der Waals surface area contributed by atoms with Crippen LogP contribution >= 0.6 is 0 Å². The van der Waals surface area contributed by atoms with Crippen LogP contribution in [0.5, 0.6) is 0 Å². The van der Waals surface area contributed by atoms with Crippen LogP contribution in [0, 0.1) is 0 Å². The smallest absolute Gasteiger partial charge is 0.250 e. The zero-order valence-electron chi connectivity index (χ0n) is 11.1. The van der Waals surface area contributed by atoms with Crippen molar-refractivity contribution in [2.24, 2.45) is 5.73 Å². The number of fused-ring (bicyclic) bond motifs is 1. The van der Waals surface area contributed by atoms with Crippen LogP contribution in [-0.4, -0.2) is 25.0 Å². The highest BCUT2D eigenvalue weighted by Crippen LogP contribution is 2.26. The van der Waals surface area contributed by atoms with Crippen molar-refractivity contribution in [3.63, 3.8) is 0 Å². The summed E-state index contributed by atoms with van der Waals surface area (Å²) in [6, 6.07) is 3.34. The Labute approximate surface area is 113 Å². The Morgan fingerprint density at radius 2 is 2.16 bits per heavy atom. The zero-order valence-corrected chi connectivity index (χ0v) is 11.9. The number of nitrogens with two attached hydrogens (primary N) is 1. The molecule has 2 rings (SSSR count). The molecule has 1 unspecified atom stereocenters. The predicted molar refractivity (Wildman–Crippen MR) is 74.9 cm³/mol. The average Bonchev–Trinajstić information content (AvgIpc) is 2.31. The van der Waals surface area contributed by atoms with Gasteiger partial charge in [0, 0.05) is 30.6 Å². The third kappa shape index (κ3) is 3.45. The quantitative estimate of drug-likeness (QED) is 0.878. The second-order valence-electron chi connectivity index (χ2n) is 5.21. The molecule has 2 N–H and O–H groups in total. The van der Waals surface area contributed by atoms with Crippen LogP contribution < -0.4 is 11.3 Å². The molecule has 1 aliphatic carbocycles. The largest absolute Gasteiger partial charge is 0.324 e. The zero-order chi connectivity index (χ0) is 14.0. The summed E-state index contributed by atoms with van der Waals surface area (Å²) >= 11 is 0. The molecule has 0 spiro atoms. The maximum Gasteiger partial charge on any atom is 0.250 e. The first kappa shape index (κ1) is 14.3. The number of pyridine rings is 1. The van der Waals surface area contributed by atoms with Gasteiger partial charge in [-0.15, -0.1) is 0 Å². The van der Waals surface area contributed by atoms with E-state index in [0.717, 1.165) is 30.5 Å². The minimum absolute atomic E-state index is 0.00879. The third-order valence-electron chi connectivity index (χ3n) is 3.56. The molecule has 6 heteroatoms. The summed E-state index contributed by atoms with van der Waals surface area (Å²) in [5.74, 6) is 0.106. The van der Waals surface area contributed by atoms with Crippen molar-refractivity contribution >= 4 is 9.84 Å². The predicted octanol–water partition coefficient (Wildman–Crippen LogP) is 0.619. The summed E-state index contributed by atoms with van der Waals surface area (Å²) in [6.45, 7) is 0.446. The number of rotatable bonds is 4. The Morgan fingerprint density at radius 1 is 1.42 bits per heavy atom. The number of hydrogen-bond acceptors (Lipinski definition) is 4. The van der Waals surface area contributed by atoms with Crippen LogP contribution in [0.3, 0.4) is 0 Å². The van der Waals surface area contributed by atoms with Gasteiger partial charge in [-0.2, -0.15) is 0 Å². The molecule has 5 nitrogen and oxygen atoms in total. The van der Waals surface area contributed by atoms with Gasteiger partial charge in [0.1, 0.15) is 9.84 Å². The van der Waals surface area contributed by atoms with Crippen LogP contribution in [0.25, 0.3) is 0 Å². The van der Waals surface area contributed by atoms with E-state index < -0.39 is 9.84 Å². The monoisotopic (exact) mass is 284 g/mol. The van der Waals surface area contributed by atoms with Gasteiger partial charge < -0.3 is 10.3 Å². The summed E-state index contributed by atoms with van der Waals surface area (Å²) in [6.07, 6.45) is 4.44. The molecule has 1 aromatic heterocycles. The molecule has 106 valence electrons. The lowest BCUT2D eigenvalue weighted by molar-refractivity contribution is 0.513. The van der Waals surface area contributed by atoms with E-state index >= 15 is 0 Å². The Kier molecular flexibility index (Phi) is 4.10. The van der Waals surface area contributed by atoms with E-state index in [2.05, 4.69) is 0 Å². The average molecular weight is 284 g/mol. The molecule has 0 amide bonds. The van der Waals surface area contributed by atoms with Gasteiger partial charge in [-0.25, -0.2) is 8.42 Å². The van der Waals surface area contributed by atoms with E-state index in [4.69, 9.17) is 5.73 Å². The normalized spacial score (nSPS) is 19.2. The third-order valence-corrected chi connectivity index (χ3v) is 4.59. The molecule has 0 aromatic carbocycles. The highest BCUT2D eigenvalue weighted by molar-refractivity contribution is 7.90. The molecule has 0 saturated carbocycles. The summed E-state index contributed by atoms with van der Waals surface area (Å²) in [7, 11) is -2.98. The fourth-order valence-corrected chi connectivity index (χ4v) is 3.28. The Balaban J connectivity index is 2.25. The molecule has 1 aromatic rings. The lowest BCUT2D eigenvalue weighted by atomic mass is 9.91.